The third-order valence-corrected chi connectivity index (χ3v) is 0.167. The minimum atomic E-state index is -2.33. The Morgan fingerprint density at radius 1 is 1.20 bits per heavy atom. The molecule has 6 nitrogen and oxygen atoms in total. The molecule has 8 N–H and O–H groups in total. The molecule has 0 saturated heterocycles. The van der Waals surface area contributed by atoms with Gasteiger partial charge in [0, 0.05) is 13.1 Å². The maximum atomic E-state index is 8.33. The van der Waals surface area contributed by atoms with E-state index in [0.29, 0.717) is 13.1 Å². The van der Waals surface area contributed by atoms with Crippen LogP contribution in [0, 0.1) is 0 Å². The fourth-order valence-corrected chi connectivity index (χ4v) is 0. The molecule has 0 spiro atoms. The van der Waals surface area contributed by atoms with E-state index in [1.54, 1.807) is 0 Å². The molecule has 0 unspecified atom stereocenters. The van der Waals surface area contributed by atoms with E-state index in [2.05, 4.69) is 0 Å². The molecule has 0 bridgehead atoms. The maximum Gasteiger partial charge on any atom is 2.00 e. The predicted octanol–water partition coefficient (Wildman–Crippen LogP) is -3.55. The molecular weight excluding hydrogens is 166 g/mol. The van der Waals surface area contributed by atoms with Gasteiger partial charge in [-0.15, -0.1) is 0 Å². The van der Waals surface area contributed by atoms with Gasteiger partial charge in [-0.1, -0.05) is 0 Å². The summed E-state index contributed by atoms with van der Waals surface area (Å²) in [6.45, 7) is 1.19. The molecule has 0 heterocycles. The van der Waals surface area contributed by atoms with Crippen molar-refractivity contribution in [2.45, 2.75) is 0 Å². The summed E-state index contributed by atoms with van der Waals surface area (Å²) in [7, 11) is 0. The Labute approximate surface area is 89.2 Å². The normalized spacial score (nSPS) is 5.40. The molecule has 0 saturated carbocycles. The zero-order valence-corrected chi connectivity index (χ0v) is 8.21. The molecule has 0 aliphatic rings. The van der Waals surface area contributed by atoms with Gasteiger partial charge in [0.2, 0.25) is 0 Å². The van der Waals surface area contributed by atoms with Crippen LogP contribution in [0.5, 0.6) is 0 Å². The van der Waals surface area contributed by atoms with Crippen LogP contribution in [0.4, 0.5) is 4.79 Å². The van der Waals surface area contributed by atoms with Gasteiger partial charge in [0.15, 0.2) is 0 Å². The Bertz CT molecular complexity index is 57.0. The Morgan fingerprint density at radius 3 is 1.30 bits per heavy atom. The molecule has 0 rings (SSSR count). The van der Waals surface area contributed by atoms with Gasteiger partial charge < -0.3 is 32.6 Å². The molecule has 0 aromatic carbocycles. The molecule has 0 radical (unpaired) electrons. The first kappa shape index (κ1) is 22.4. The van der Waals surface area contributed by atoms with Crippen molar-refractivity contribution in [3.63, 3.8) is 0 Å². The Balaban J connectivity index is -0.0000000300. The number of quaternary nitrogens is 1. The van der Waals surface area contributed by atoms with E-state index >= 15 is 0 Å². The number of rotatable bonds is 1. The first-order valence-electron chi connectivity index (χ1n) is 1.93. The van der Waals surface area contributed by atoms with Crippen molar-refractivity contribution < 1.29 is 15.0 Å². The smallest absolute Gasteiger partial charge is 0.652 e. The first-order chi connectivity index (χ1) is 3.65. The molecule has 0 aliphatic carbocycles. The largest absolute Gasteiger partial charge is 2.00 e. The van der Waals surface area contributed by atoms with Gasteiger partial charge in [-0.3, -0.25) is 0 Å². The fourth-order valence-electron chi connectivity index (χ4n) is 0. The number of nitrogens with two attached hydrogens (primary N) is 2. The molecule has 0 fully saturated rings. The number of carbonyl (C=O) groups excluding carboxylic acids is 1. The number of hydrogen-bond donors (Lipinski definition) is 3. The number of carboxylic acid groups (broad SMARTS) is 2. The van der Waals surface area contributed by atoms with Crippen LogP contribution in [0.15, 0.2) is 0 Å². The molecule has 0 atom stereocenters. The molecule has 0 aliphatic heterocycles. The van der Waals surface area contributed by atoms with E-state index in [9.17, 15) is 0 Å². The van der Waals surface area contributed by atoms with Crippen LogP contribution >= 0.6 is 0 Å². The zero-order chi connectivity index (χ0) is 6.99. The van der Waals surface area contributed by atoms with Crippen LogP contribution in [0.1, 0.15) is 0 Å². The molecule has 58 valence electrons. The summed E-state index contributed by atoms with van der Waals surface area (Å²) >= 11 is 0. The average molecular weight is 178 g/mol. The Kier molecular flexibility index (Phi) is 51.0. The first-order valence-corrected chi connectivity index (χ1v) is 1.93. The standard InChI is InChI=1S/C2H8N2.CH2O3.Ca.H3N/c3-1-2-4;2-1(3)4;;/h1-4H2;(H2,2,3,4);;1H3/q;;+2;/p-1. The number of carbonyl (C=O) groups is 1. The van der Waals surface area contributed by atoms with Crippen molar-refractivity contribution in [1.29, 1.82) is 0 Å². The third-order valence-electron chi connectivity index (χ3n) is 0.167. The summed E-state index contributed by atoms with van der Waals surface area (Å²) in [6.07, 6.45) is -2.33. The van der Waals surface area contributed by atoms with Crippen molar-refractivity contribution >= 4 is 43.9 Å². The molecule has 0 aromatic heterocycles. The second-order valence-electron chi connectivity index (χ2n) is 0.827. The Morgan fingerprint density at radius 2 is 1.30 bits per heavy atom. The Hall–Kier alpha value is 0.410. The van der Waals surface area contributed by atoms with Crippen LogP contribution in [0.3, 0.4) is 0 Å². The van der Waals surface area contributed by atoms with Gasteiger partial charge in [0.1, 0.15) is 0 Å². The van der Waals surface area contributed by atoms with Crippen molar-refractivity contribution in [2.24, 2.45) is 11.5 Å². The molecule has 0 aromatic rings. The summed E-state index contributed by atoms with van der Waals surface area (Å²) in [5.74, 6) is 0. The van der Waals surface area contributed by atoms with E-state index < -0.39 is 6.16 Å². The van der Waals surface area contributed by atoms with Crippen molar-refractivity contribution in [2.75, 3.05) is 13.1 Å². The van der Waals surface area contributed by atoms with E-state index in [1.165, 1.54) is 0 Å². The monoisotopic (exact) mass is 178 g/mol. The van der Waals surface area contributed by atoms with Crippen LogP contribution in [-0.2, 0) is 0 Å². The van der Waals surface area contributed by atoms with Gasteiger partial charge in [0.05, 0.1) is 0 Å². The zero-order valence-electron chi connectivity index (χ0n) is 6.00. The van der Waals surface area contributed by atoms with E-state index in [-0.39, 0.29) is 43.9 Å². The van der Waals surface area contributed by atoms with Crippen molar-refractivity contribution in [1.82, 2.24) is 6.15 Å². The van der Waals surface area contributed by atoms with Crippen LogP contribution < -0.4 is 27.8 Å². The summed E-state index contributed by atoms with van der Waals surface area (Å²) in [5, 5.41) is 16.7. The number of hydrogen-bond acceptors (Lipinski definition) is 5. The predicted molar refractivity (Wildman–Crippen MR) is 35.2 cm³/mol. The van der Waals surface area contributed by atoms with Gasteiger partial charge in [-0.05, 0) is 6.16 Å². The second-order valence-corrected chi connectivity index (χ2v) is 0.827. The van der Waals surface area contributed by atoms with E-state index in [0.717, 1.165) is 0 Å². The average Bonchev–Trinajstić information content (AvgIpc) is 1.65. The summed E-state index contributed by atoms with van der Waals surface area (Å²) < 4.78 is 0. The molecule has 10 heavy (non-hydrogen) atoms. The second kappa shape index (κ2) is 22.7. The van der Waals surface area contributed by atoms with Crippen LogP contribution in [0.25, 0.3) is 0 Å². The third kappa shape index (κ3) is 232. The van der Waals surface area contributed by atoms with Gasteiger partial charge in [0.25, 0.3) is 0 Å². The minimum Gasteiger partial charge on any atom is -0.652 e. The quantitative estimate of drug-likeness (QED) is 0.355. The van der Waals surface area contributed by atoms with E-state index in [1.807, 2.05) is 0 Å². The molecule has 0 amide bonds. The summed E-state index contributed by atoms with van der Waals surface area (Å²) in [6, 6.07) is 0. The van der Waals surface area contributed by atoms with E-state index in [4.69, 9.17) is 26.5 Å². The van der Waals surface area contributed by atoms with Gasteiger partial charge in [-0.25, -0.2) is 0 Å². The van der Waals surface area contributed by atoms with Crippen LogP contribution in [-0.4, -0.2) is 57.0 Å². The molecular formula is C3H12CaN3O3+. The summed E-state index contributed by atoms with van der Waals surface area (Å²) in [4.78, 5) is 8.33. The fraction of sp³-hybridized carbons (Fsp3) is 0.667. The SMILES string of the molecule is NCCN.O=C([O-])[O-].[Ca+2].[NH4+]. The topological polar surface area (TPSA) is 152 Å². The van der Waals surface area contributed by atoms with Gasteiger partial charge in [-0.2, -0.15) is 0 Å². The van der Waals surface area contributed by atoms with Gasteiger partial charge >= 0.3 is 37.7 Å². The van der Waals surface area contributed by atoms with Crippen molar-refractivity contribution in [3.8, 4) is 0 Å². The maximum absolute atomic E-state index is 8.33. The van der Waals surface area contributed by atoms with Crippen molar-refractivity contribution in [3.05, 3.63) is 0 Å². The summed E-state index contributed by atoms with van der Waals surface area (Å²) in [5.41, 5.74) is 9.81. The minimum absolute atomic E-state index is 0. The van der Waals surface area contributed by atoms with Crippen LogP contribution in [0.2, 0.25) is 0 Å². The molecule has 7 heteroatoms.